The molecule has 1 aliphatic carbocycles. The number of ether oxygens (including phenoxy) is 1. The van der Waals surface area contributed by atoms with Crippen LogP contribution in [0.2, 0.25) is 0 Å². The molecule has 0 unspecified atom stereocenters. The minimum Gasteiger partial charge on any atom is -0.444 e. The largest absolute Gasteiger partial charge is 0.497 e. The van der Waals surface area contributed by atoms with E-state index in [4.69, 9.17) is 14.0 Å². The minimum absolute atomic E-state index is 0.274. The Bertz CT molecular complexity index is 772. The van der Waals surface area contributed by atoms with Gasteiger partial charge in [0.1, 0.15) is 11.4 Å². The van der Waals surface area contributed by atoms with Crippen LogP contribution in [0.1, 0.15) is 84.9 Å². The fourth-order valence-electron chi connectivity index (χ4n) is 3.79. The number of amides is 1. The van der Waals surface area contributed by atoms with Gasteiger partial charge in [0.05, 0.1) is 17.2 Å². The van der Waals surface area contributed by atoms with Crippen LogP contribution in [0.15, 0.2) is 12.1 Å². The highest BCUT2D eigenvalue weighted by atomic mass is 19.1. The van der Waals surface area contributed by atoms with E-state index in [9.17, 15) is 4.79 Å². The zero-order valence-corrected chi connectivity index (χ0v) is 18.6. The third kappa shape index (κ3) is 4.61. The van der Waals surface area contributed by atoms with Gasteiger partial charge in [-0.05, 0) is 78.9 Å². The van der Waals surface area contributed by atoms with Gasteiger partial charge in [-0.1, -0.05) is 18.6 Å². The number of carbonyl (C=O) groups is 1. The molecule has 0 aromatic heterocycles. The minimum atomic E-state index is -0.745. The van der Waals surface area contributed by atoms with Crippen molar-refractivity contribution in [2.24, 2.45) is 0 Å². The van der Waals surface area contributed by atoms with E-state index < -0.39 is 30.0 Å². The molecule has 29 heavy (non-hydrogen) atoms. The highest BCUT2D eigenvalue weighted by molar-refractivity contribution is 6.62. The maximum absolute atomic E-state index is 15.6. The molecule has 1 saturated heterocycles. The van der Waals surface area contributed by atoms with E-state index in [0.717, 1.165) is 24.8 Å². The molecular formula is C22H33BFNO4. The van der Waals surface area contributed by atoms with Crippen molar-refractivity contribution >= 4 is 18.7 Å². The van der Waals surface area contributed by atoms with E-state index >= 15 is 4.39 Å². The fourth-order valence-corrected chi connectivity index (χ4v) is 3.79. The van der Waals surface area contributed by atoms with Crippen LogP contribution in [-0.2, 0) is 20.5 Å². The van der Waals surface area contributed by atoms with Gasteiger partial charge in [-0.3, -0.25) is 0 Å². The SMILES string of the molecule is CC(C)(C)OC(=O)N[C@@H]1CCCCc2c1ccc(B1OC(C)(C)C(C)(C)O1)c2F. The molecule has 1 heterocycles. The molecule has 1 aromatic carbocycles. The number of halogens is 1. The molecule has 2 aliphatic rings. The maximum atomic E-state index is 15.6. The van der Waals surface area contributed by atoms with Crippen LogP contribution >= 0.6 is 0 Å². The van der Waals surface area contributed by atoms with E-state index in [1.165, 1.54) is 0 Å². The quantitative estimate of drug-likeness (QED) is 0.585. The van der Waals surface area contributed by atoms with Crippen LogP contribution in [0, 0.1) is 5.82 Å². The molecule has 1 aliphatic heterocycles. The summed E-state index contributed by atoms with van der Waals surface area (Å²) in [5.41, 5.74) is 0.223. The predicted molar refractivity (Wildman–Crippen MR) is 112 cm³/mol. The zero-order chi connectivity index (χ0) is 21.6. The van der Waals surface area contributed by atoms with Gasteiger partial charge >= 0.3 is 13.2 Å². The lowest BCUT2D eigenvalue weighted by Gasteiger charge is -2.32. The van der Waals surface area contributed by atoms with Crippen molar-refractivity contribution in [2.45, 2.75) is 97.0 Å². The first-order valence-electron chi connectivity index (χ1n) is 10.5. The molecule has 1 atom stereocenters. The van der Waals surface area contributed by atoms with Crippen molar-refractivity contribution in [1.82, 2.24) is 5.32 Å². The first kappa shape index (κ1) is 22.1. The van der Waals surface area contributed by atoms with Gasteiger partial charge in [-0.15, -0.1) is 0 Å². The molecule has 0 radical (unpaired) electrons. The van der Waals surface area contributed by atoms with Crippen molar-refractivity contribution in [1.29, 1.82) is 0 Å². The summed E-state index contributed by atoms with van der Waals surface area (Å²) in [4.78, 5) is 12.3. The number of nitrogens with one attached hydrogen (secondary N) is 1. The van der Waals surface area contributed by atoms with Crippen LogP contribution in [-0.4, -0.2) is 30.0 Å². The summed E-state index contributed by atoms with van der Waals surface area (Å²) in [5.74, 6) is -0.293. The standard InChI is InChI=1S/C22H33BFNO4/c1-20(2,3)27-19(26)25-17-11-9-8-10-15-14(17)12-13-16(18(15)24)23-28-21(4,5)22(6,7)29-23/h12-13,17H,8-11H2,1-7H3,(H,25,26)/t17-/m1/s1. The van der Waals surface area contributed by atoms with Crippen LogP contribution in [0.4, 0.5) is 9.18 Å². The Hall–Kier alpha value is -1.60. The van der Waals surface area contributed by atoms with E-state index in [2.05, 4.69) is 5.32 Å². The molecule has 5 nitrogen and oxygen atoms in total. The van der Waals surface area contributed by atoms with Crippen molar-refractivity contribution < 1.29 is 23.2 Å². The van der Waals surface area contributed by atoms with E-state index in [-0.39, 0.29) is 11.9 Å². The summed E-state index contributed by atoms with van der Waals surface area (Å²) in [7, 11) is -0.745. The van der Waals surface area contributed by atoms with E-state index in [1.54, 1.807) is 6.07 Å². The molecule has 1 N–H and O–H groups in total. The Morgan fingerprint density at radius 3 is 2.38 bits per heavy atom. The van der Waals surface area contributed by atoms with Gasteiger partial charge in [-0.2, -0.15) is 0 Å². The Kier molecular flexibility index (Phi) is 5.78. The molecule has 160 valence electrons. The lowest BCUT2D eigenvalue weighted by molar-refractivity contribution is 0.00578. The Labute approximate surface area is 173 Å². The number of hydrogen-bond donors (Lipinski definition) is 1. The summed E-state index contributed by atoms with van der Waals surface area (Å²) < 4.78 is 33.1. The van der Waals surface area contributed by atoms with Gasteiger partial charge in [0.15, 0.2) is 0 Å². The molecule has 1 fully saturated rings. The highest BCUT2D eigenvalue weighted by Gasteiger charge is 2.52. The van der Waals surface area contributed by atoms with Gasteiger partial charge in [0, 0.05) is 5.46 Å². The molecular weight excluding hydrogens is 372 g/mol. The van der Waals surface area contributed by atoms with Crippen LogP contribution < -0.4 is 10.8 Å². The number of carbonyl (C=O) groups excluding carboxylic acids is 1. The van der Waals surface area contributed by atoms with Crippen molar-refractivity contribution in [3.63, 3.8) is 0 Å². The second-order valence-electron chi connectivity index (χ2n) is 10.1. The Balaban J connectivity index is 1.88. The van der Waals surface area contributed by atoms with Crippen LogP contribution in [0.5, 0.6) is 0 Å². The van der Waals surface area contributed by atoms with Crippen molar-refractivity contribution in [3.8, 4) is 0 Å². The number of fused-ring (bicyclic) bond motifs is 1. The molecule has 0 bridgehead atoms. The smallest absolute Gasteiger partial charge is 0.444 e. The lowest BCUT2D eigenvalue weighted by atomic mass is 9.76. The normalized spacial score (nSPS) is 23.3. The van der Waals surface area contributed by atoms with Gasteiger partial charge in [-0.25, -0.2) is 9.18 Å². The number of benzene rings is 1. The summed E-state index contributed by atoms with van der Waals surface area (Å²) in [6.45, 7) is 13.3. The third-order valence-electron chi connectivity index (χ3n) is 6.05. The Morgan fingerprint density at radius 2 is 1.79 bits per heavy atom. The van der Waals surface area contributed by atoms with Crippen LogP contribution in [0.25, 0.3) is 0 Å². The number of alkyl carbamates (subject to hydrolysis) is 1. The molecule has 1 amide bonds. The zero-order valence-electron chi connectivity index (χ0n) is 18.6. The van der Waals surface area contributed by atoms with Gasteiger partial charge < -0.3 is 19.4 Å². The molecule has 0 spiro atoms. The Morgan fingerprint density at radius 1 is 1.17 bits per heavy atom. The monoisotopic (exact) mass is 405 g/mol. The predicted octanol–water partition coefficient (Wildman–Crippen LogP) is 4.42. The molecule has 3 rings (SSSR count). The van der Waals surface area contributed by atoms with E-state index in [0.29, 0.717) is 17.4 Å². The topological polar surface area (TPSA) is 56.8 Å². The second kappa shape index (κ2) is 7.58. The van der Waals surface area contributed by atoms with Crippen LogP contribution in [0.3, 0.4) is 0 Å². The van der Waals surface area contributed by atoms with Gasteiger partial charge in [0.25, 0.3) is 0 Å². The molecule has 1 aromatic rings. The van der Waals surface area contributed by atoms with E-state index in [1.807, 2.05) is 54.5 Å². The first-order valence-corrected chi connectivity index (χ1v) is 10.5. The molecule has 7 heteroatoms. The maximum Gasteiger partial charge on any atom is 0.497 e. The van der Waals surface area contributed by atoms with Gasteiger partial charge in [0.2, 0.25) is 0 Å². The number of rotatable bonds is 2. The van der Waals surface area contributed by atoms with Crippen molar-refractivity contribution in [3.05, 3.63) is 29.1 Å². The number of hydrogen-bond acceptors (Lipinski definition) is 4. The summed E-state index contributed by atoms with van der Waals surface area (Å²) in [5, 5.41) is 2.92. The third-order valence-corrected chi connectivity index (χ3v) is 6.05. The molecule has 0 saturated carbocycles. The highest BCUT2D eigenvalue weighted by Crippen LogP contribution is 2.37. The average molecular weight is 405 g/mol. The van der Waals surface area contributed by atoms with Crippen molar-refractivity contribution in [2.75, 3.05) is 0 Å². The summed E-state index contributed by atoms with van der Waals surface area (Å²) >= 11 is 0. The first-order chi connectivity index (χ1) is 13.3. The summed E-state index contributed by atoms with van der Waals surface area (Å²) in [6, 6.07) is 3.35. The average Bonchev–Trinajstić information content (AvgIpc) is 2.69. The second-order valence-corrected chi connectivity index (χ2v) is 10.1. The fraction of sp³-hybridized carbons (Fsp3) is 0.682. The summed E-state index contributed by atoms with van der Waals surface area (Å²) in [6.07, 6.45) is 2.66. The lowest BCUT2D eigenvalue weighted by Crippen LogP contribution is -2.41.